The van der Waals surface area contributed by atoms with E-state index in [2.05, 4.69) is 21.5 Å². The lowest BCUT2D eigenvalue weighted by molar-refractivity contribution is 0.552. The molecule has 4 heteroatoms. The summed E-state index contributed by atoms with van der Waals surface area (Å²) in [6.45, 7) is 4.19. The minimum atomic E-state index is 0.152. The van der Waals surface area contributed by atoms with Gasteiger partial charge in [0.1, 0.15) is 5.52 Å². The highest BCUT2D eigenvalue weighted by atomic mass is 15.2. The van der Waals surface area contributed by atoms with Gasteiger partial charge in [0.05, 0.1) is 0 Å². The molecule has 1 aliphatic rings. The number of nitrogen functional groups attached to an aromatic ring is 1. The monoisotopic (exact) mass is 202 g/mol. The van der Waals surface area contributed by atoms with Gasteiger partial charge in [0.15, 0.2) is 5.65 Å². The van der Waals surface area contributed by atoms with E-state index in [0.29, 0.717) is 5.95 Å². The normalized spacial score (nSPS) is 18.3. The zero-order chi connectivity index (χ0) is 10.6. The fourth-order valence-corrected chi connectivity index (χ4v) is 2.01. The van der Waals surface area contributed by atoms with Crippen LogP contribution in [0.25, 0.3) is 11.2 Å². The smallest absolute Gasteiger partial charge is 0.202 e. The van der Waals surface area contributed by atoms with E-state index in [-0.39, 0.29) is 5.54 Å². The van der Waals surface area contributed by atoms with Crippen molar-refractivity contribution in [3.8, 4) is 0 Å². The van der Waals surface area contributed by atoms with Crippen LogP contribution >= 0.6 is 0 Å². The van der Waals surface area contributed by atoms with Crippen LogP contribution in [0.15, 0.2) is 12.1 Å². The molecule has 15 heavy (non-hydrogen) atoms. The Balaban J connectivity index is 2.35. The van der Waals surface area contributed by atoms with Crippen LogP contribution in [-0.4, -0.2) is 14.5 Å². The summed E-state index contributed by atoms with van der Waals surface area (Å²) in [6.07, 6.45) is 2.33. The summed E-state index contributed by atoms with van der Waals surface area (Å²) in [6, 6.07) is 3.95. The Kier molecular flexibility index (Phi) is 1.45. The zero-order valence-corrected chi connectivity index (χ0v) is 8.99. The maximum atomic E-state index is 5.94. The van der Waals surface area contributed by atoms with Crippen LogP contribution in [0.2, 0.25) is 0 Å². The van der Waals surface area contributed by atoms with Crippen molar-refractivity contribution in [2.24, 2.45) is 0 Å². The summed E-state index contributed by atoms with van der Waals surface area (Å²) in [4.78, 5) is 8.86. The summed E-state index contributed by atoms with van der Waals surface area (Å²) < 4.78 is 2.08. The third kappa shape index (κ3) is 1.14. The Morgan fingerprint density at radius 3 is 2.73 bits per heavy atom. The molecular formula is C11H14N4. The van der Waals surface area contributed by atoms with Gasteiger partial charge >= 0.3 is 0 Å². The molecular weight excluding hydrogens is 188 g/mol. The second-order valence-corrected chi connectivity index (χ2v) is 4.60. The molecule has 0 aliphatic heterocycles. The topological polar surface area (TPSA) is 56.7 Å². The van der Waals surface area contributed by atoms with E-state index in [1.807, 2.05) is 19.1 Å². The Labute approximate surface area is 88.1 Å². The highest BCUT2D eigenvalue weighted by molar-refractivity contribution is 5.75. The van der Waals surface area contributed by atoms with Crippen LogP contribution in [0.4, 0.5) is 5.95 Å². The molecule has 0 radical (unpaired) electrons. The van der Waals surface area contributed by atoms with E-state index in [1.165, 1.54) is 0 Å². The molecule has 2 aromatic rings. The lowest BCUT2D eigenvalue weighted by Gasteiger charge is -2.12. The minimum Gasteiger partial charge on any atom is -0.369 e. The minimum absolute atomic E-state index is 0.152. The van der Waals surface area contributed by atoms with Gasteiger partial charge in [0.2, 0.25) is 5.95 Å². The Morgan fingerprint density at radius 1 is 1.33 bits per heavy atom. The number of nitrogens with two attached hydrogens (primary N) is 1. The average Bonchev–Trinajstić information content (AvgIpc) is 2.80. The van der Waals surface area contributed by atoms with Crippen molar-refractivity contribution in [3.05, 3.63) is 17.8 Å². The van der Waals surface area contributed by atoms with Crippen molar-refractivity contribution in [2.45, 2.75) is 32.2 Å². The molecule has 0 unspecified atom stereocenters. The molecule has 0 aromatic carbocycles. The second-order valence-electron chi connectivity index (χ2n) is 4.60. The predicted molar refractivity (Wildman–Crippen MR) is 59.6 cm³/mol. The lowest BCUT2D eigenvalue weighted by atomic mass is 10.3. The third-order valence-corrected chi connectivity index (χ3v) is 3.18. The number of fused-ring (bicyclic) bond motifs is 1. The number of hydrogen-bond acceptors (Lipinski definition) is 3. The van der Waals surface area contributed by atoms with Crippen molar-refractivity contribution in [1.82, 2.24) is 14.5 Å². The fraction of sp³-hybridized carbons (Fsp3) is 0.455. The summed E-state index contributed by atoms with van der Waals surface area (Å²) in [5.74, 6) is 0.586. The van der Waals surface area contributed by atoms with Crippen molar-refractivity contribution in [2.75, 3.05) is 5.73 Å². The van der Waals surface area contributed by atoms with Gasteiger partial charge in [-0.05, 0) is 38.8 Å². The number of nitrogens with zero attached hydrogens (tertiary/aromatic N) is 3. The quantitative estimate of drug-likeness (QED) is 0.767. The van der Waals surface area contributed by atoms with E-state index in [1.54, 1.807) is 0 Å². The molecule has 2 aromatic heterocycles. The molecule has 1 aliphatic carbocycles. The molecule has 1 saturated carbocycles. The van der Waals surface area contributed by atoms with Crippen LogP contribution < -0.4 is 5.73 Å². The van der Waals surface area contributed by atoms with E-state index in [0.717, 1.165) is 29.7 Å². The maximum absolute atomic E-state index is 5.94. The van der Waals surface area contributed by atoms with Crippen molar-refractivity contribution >= 4 is 17.1 Å². The number of aromatic nitrogens is 3. The molecule has 0 spiro atoms. The Hall–Kier alpha value is -1.58. The SMILES string of the molecule is Cc1ccc2nc(N)n(C3(C)CC3)c2n1. The summed E-state index contributed by atoms with van der Waals surface area (Å²) >= 11 is 0. The standard InChI is InChI=1S/C11H14N4/c1-7-3-4-8-9(13-7)15(10(12)14-8)11(2)5-6-11/h3-4H,5-6H2,1-2H3,(H2,12,14). The van der Waals surface area contributed by atoms with Gasteiger partial charge in [-0.25, -0.2) is 9.97 Å². The van der Waals surface area contributed by atoms with Crippen molar-refractivity contribution in [1.29, 1.82) is 0 Å². The molecule has 4 nitrogen and oxygen atoms in total. The van der Waals surface area contributed by atoms with Crippen molar-refractivity contribution in [3.63, 3.8) is 0 Å². The van der Waals surface area contributed by atoms with E-state index in [9.17, 15) is 0 Å². The van der Waals surface area contributed by atoms with Crippen LogP contribution in [-0.2, 0) is 5.54 Å². The largest absolute Gasteiger partial charge is 0.369 e. The van der Waals surface area contributed by atoms with E-state index >= 15 is 0 Å². The van der Waals surface area contributed by atoms with E-state index < -0.39 is 0 Å². The molecule has 0 atom stereocenters. The number of pyridine rings is 1. The van der Waals surface area contributed by atoms with Gasteiger partial charge in [-0.15, -0.1) is 0 Å². The molecule has 3 rings (SSSR count). The van der Waals surface area contributed by atoms with Crippen molar-refractivity contribution < 1.29 is 0 Å². The van der Waals surface area contributed by atoms with Crippen LogP contribution in [0.1, 0.15) is 25.5 Å². The van der Waals surface area contributed by atoms with E-state index in [4.69, 9.17) is 5.73 Å². The lowest BCUT2D eigenvalue weighted by Crippen LogP contribution is -2.15. The summed E-state index contributed by atoms with van der Waals surface area (Å²) in [5.41, 5.74) is 8.92. The Morgan fingerprint density at radius 2 is 2.07 bits per heavy atom. The molecule has 0 bridgehead atoms. The molecule has 0 saturated heterocycles. The number of hydrogen-bond donors (Lipinski definition) is 1. The molecule has 78 valence electrons. The highest BCUT2D eigenvalue weighted by Gasteiger charge is 2.42. The first-order valence-electron chi connectivity index (χ1n) is 5.22. The highest BCUT2D eigenvalue weighted by Crippen LogP contribution is 2.45. The van der Waals surface area contributed by atoms with Crippen LogP contribution in [0, 0.1) is 6.92 Å². The molecule has 0 amide bonds. The van der Waals surface area contributed by atoms with Gasteiger partial charge in [-0.2, -0.15) is 0 Å². The molecule has 2 N–H and O–H groups in total. The third-order valence-electron chi connectivity index (χ3n) is 3.18. The van der Waals surface area contributed by atoms with Crippen LogP contribution in [0.5, 0.6) is 0 Å². The molecule has 1 fully saturated rings. The van der Waals surface area contributed by atoms with Crippen LogP contribution in [0.3, 0.4) is 0 Å². The first kappa shape index (κ1) is 8.71. The molecule has 2 heterocycles. The van der Waals surface area contributed by atoms with Gasteiger partial charge in [0.25, 0.3) is 0 Å². The van der Waals surface area contributed by atoms with Gasteiger partial charge in [-0.3, -0.25) is 4.57 Å². The zero-order valence-electron chi connectivity index (χ0n) is 8.99. The summed E-state index contributed by atoms with van der Waals surface area (Å²) in [5, 5.41) is 0. The first-order chi connectivity index (χ1) is 7.10. The van der Waals surface area contributed by atoms with Gasteiger partial charge in [-0.1, -0.05) is 0 Å². The number of aryl methyl sites for hydroxylation is 1. The number of imidazole rings is 1. The Bertz CT molecular complexity index is 537. The second kappa shape index (κ2) is 2.51. The first-order valence-corrected chi connectivity index (χ1v) is 5.22. The maximum Gasteiger partial charge on any atom is 0.202 e. The number of rotatable bonds is 1. The van der Waals surface area contributed by atoms with Gasteiger partial charge < -0.3 is 5.73 Å². The fourth-order valence-electron chi connectivity index (χ4n) is 2.01. The van der Waals surface area contributed by atoms with Gasteiger partial charge in [0, 0.05) is 11.2 Å². The predicted octanol–water partition coefficient (Wildman–Crippen LogP) is 1.83. The summed E-state index contributed by atoms with van der Waals surface area (Å²) in [7, 11) is 0. The number of anilines is 1. The average molecular weight is 202 g/mol.